The molecule has 2 bridgehead atoms. The van der Waals surface area contributed by atoms with Crippen LogP contribution in [0.3, 0.4) is 0 Å². The summed E-state index contributed by atoms with van der Waals surface area (Å²) in [6.45, 7) is -1.01. The van der Waals surface area contributed by atoms with Crippen molar-refractivity contribution in [2.75, 3.05) is 13.2 Å². The molecule has 14 heteroatoms. The van der Waals surface area contributed by atoms with Gasteiger partial charge in [-0.3, -0.25) is 4.98 Å². The van der Waals surface area contributed by atoms with Crippen LogP contribution in [0.4, 0.5) is 13.2 Å². The lowest BCUT2D eigenvalue weighted by molar-refractivity contribution is -0.153. The summed E-state index contributed by atoms with van der Waals surface area (Å²) >= 11 is 12.9. The van der Waals surface area contributed by atoms with Gasteiger partial charge in [-0.2, -0.15) is 13.2 Å². The number of rotatable bonds is 11. The molecule has 0 radical (unpaired) electrons. The Morgan fingerprint density at radius 3 is 2.33 bits per heavy atom. The lowest BCUT2D eigenvalue weighted by atomic mass is 9.59. The minimum atomic E-state index is -4.63. The van der Waals surface area contributed by atoms with Gasteiger partial charge in [0.15, 0.2) is 18.1 Å². The highest BCUT2D eigenvalue weighted by Gasteiger charge is 2.50. The number of fused-ring (bicyclic) bond motifs is 3. The van der Waals surface area contributed by atoms with Crippen molar-refractivity contribution >= 4 is 29.2 Å². The van der Waals surface area contributed by atoms with E-state index >= 15 is 0 Å². The van der Waals surface area contributed by atoms with E-state index in [0.717, 1.165) is 68.8 Å². The number of hydrogen-bond donors (Lipinski definition) is 1. The van der Waals surface area contributed by atoms with E-state index in [-0.39, 0.29) is 16.8 Å². The summed E-state index contributed by atoms with van der Waals surface area (Å²) in [6, 6.07) is 1.15. The first kappa shape index (κ1) is 30.0. The van der Waals surface area contributed by atoms with Crippen LogP contribution >= 0.6 is 23.2 Å². The summed E-state index contributed by atoms with van der Waals surface area (Å²) in [5, 5.41) is 14.4. The van der Waals surface area contributed by atoms with Crippen LogP contribution < -0.4 is 9.47 Å². The summed E-state index contributed by atoms with van der Waals surface area (Å²) in [6.07, 6.45) is 6.58. The topological polar surface area (TPSA) is 117 Å². The van der Waals surface area contributed by atoms with E-state index in [2.05, 4.69) is 15.1 Å². The molecular weight excluding hydrogens is 614 g/mol. The van der Waals surface area contributed by atoms with Crippen LogP contribution in [-0.4, -0.2) is 51.2 Å². The van der Waals surface area contributed by atoms with Crippen LogP contribution in [-0.2, 0) is 11.3 Å². The van der Waals surface area contributed by atoms with Gasteiger partial charge in [-0.25, -0.2) is 9.78 Å². The van der Waals surface area contributed by atoms with Crippen LogP contribution in [0.5, 0.6) is 11.5 Å². The zero-order valence-corrected chi connectivity index (χ0v) is 24.4. The molecule has 3 heterocycles. The van der Waals surface area contributed by atoms with Crippen molar-refractivity contribution in [3.8, 4) is 22.8 Å². The zero-order valence-electron chi connectivity index (χ0n) is 22.9. The Morgan fingerprint density at radius 1 is 1.05 bits per heavy atom. The molecule has 4 aliphatic carbocycles. The number of halogens is 5. The molecule has 0 unspecified atom stereocenters. The van der Waals surface area contributed by atoms with E-state index < -0.39 is 30.2 Å². The van der Waals surface area contributed by atoms with Crippen molar-refractivity contribution in [3.05, 3.63) is 51.7 Å². The summed E-state index contributed by atoms with van der Waals surface area (Å²) < 4.78 is 61.1. The number of carboxylic acid groups (broad SMARTS) is 1. The van der Waals surface area contributed by atoms with Gasteiger partial charge in [0.1, 0.15) is 17.2 Å². The van der Waals surface area contributed by atoms with Gasteiger partial charge in [0.2, 0.25) is 0 Å². The third-order valence-electron chi connectivity index (χ3n) is 8.68. The predicted octanol–water partition coefficient (Wildman–Crippen LogP) is 7.64. The molecule has 0 amide bonds. The van der Waals surface area contributed by atoms with Crippen molar-refractivity contribution in [1.82, 2.24) is 15.1 Å². The van der Waals surface area contributed by atoms with Gasteiger partial charge in [-0.1, -0.05) is 28.4 Å². The van der Waals surface area contributed by atoms with Gasteiger partial charge < -0.3 is 23.8 Å². The second-order valence-electron chi connectivity index (χ2n) is 11.6. The van der Waals surface area contributed by atoms with E-state index in [1.54, 1.807) is 0 Å². The molecule has 3 aromatic rings. The van der Waals surface area contributed by atoms with Crippen LogP contribution in [0.25, 0.3) is 11.3 Å². The van der Waals surface area contributed by atoms with E-state index in [1.165, 1.54) is 18.6 Å². The highest BCUT2D eigenvalue weighted by Crippen LogP contribution is 2.55. The molecule has 9 nitrogen and oxygen atoms in total. The van der Waals surface area contributed by atoms with Gasteiger partial charge in [-0.15, -0.1) is 0 Å². The van der Waals surface area contributed by atoms with Gasteiger partial charge in [0, 0.05) is 40.9 Å². The van der Waals surface area contributed by atoms with Crippen LogP contribution in [0.1, 0.15) is 79.1 Å². The summed E-state index contributed by atoms with van der Waals surface area (Å²) in [5.74, 6) is -0.722. The number of aromatic nitrogens is 3. The Bertz CT molecular complexity index is 1480. The van der Waals surface area contributed by atoms with Gasteiger partial charge in [0.05, 0.1) is 35.1 Å². The third-order valence-corrected chi connectivity index (χ3v) is 9.25. The van der Waals surface area contributed by atoms with Crippen LogP contribution in [0.15, 0.2) is 29.2 Å². The van der Waals surface area contributed by atoms with Gasteiger partial charge >= 0.3 is 12.1 Å². The first-order valence-corrected chi connectivity index (χ1v) is 14.7. The molecule has 0 spiro atoms. The summed E-state index contributed by atoms with van der Waals surface area (Å²) in [4.78, 5) is 19.2. The molecule has 4 fully saturated rings. The maximum atomic E-state index is 12.7. The fraction of sp³-hybridized carbons (Fsp3) is 0.517. The molecule has 0 aromatic carbocycles. The van der Waals surface area contributed by atoms with E-state index in [9.17, 15) is 23.1 Å². The molecule has 7 rings (SSSR count). The fourth-order valence-electron chi connectivity index (χ4n) is 6.02. The summed E-state index contributed by atoms with van der Waals surface area (Å²) in [5.41, 5.74) is 0.951. The van der Waals surface area contributed by atoms with Crippen LogP contribution in [0.2, 0.25) is 10.0 Å². The third kappa shape index (κ3) is 6.41. The minimum absolute atomic E-state index is 0.136. The lowest BCUT2D eigenvalue weighted by Crippen LogP contribution is -2.49. The van der Waals surface area contributed by atoms with E-state index in [0.29, 0.717) is 40.4 Å². The number of carbonyl (C=O) groups is 1. The van der Waals surface area contributed by atoms with Crippen molar-refractivity contribution < 1.29 is 41.8 Å². The van der Waals surface area contributed by atoms with E-state index in [1.807, 2.05) is 0 Å². The smallest absolute Gasteiger partial charge is 0.422 e. The monoisotopic (exact) mass is 641 g/mol. The molecule has 0 aliphatic heterocycles. The Hall–Kier alpha value is -3.09. The van der Waals surface area contributed by atoms with Gasteiger partial charge in [0.25, 0.3) is 0 Å². The number of alkyl halides is 3. The minimum Gasteiger partial charge on any atom is -0.491 e. The number of carboxylic acids is 1. The molecule has 0 atom stereocenters. The van der Waals surface area contributed by atoms with Crippen molar-refractivity contribution in [1.29, 1.82) is 0 Å². The maximum absolute atomic E-state index is 12.7. The largest absolute Gasteiger partial charge is 0.491 e. The van der Waals surface area contributed by atoms with Crippen LogP contribution in [0, 0.1) is 5.41 Å². The average Bonchev–Trinajstić information content (AvgIpc) is 3.74. The maximum Gasteiger partial charge on any atom is 0.422 e. The number of ether oxygens (including phenoxy) is 3. The predicted molar refractivity (Wildman–Crippen MR) is 148 cm³/mol. The number of pyridine rings is 2. The molecule has 0 saturated heterocycles. The Balaban J connectivity index is 1.11. The van der Waals surface area contributed by atoms with Crippen molar-refractivity contribution in [2.24, 2.45) is 5.41 Å². The first-order valence-electron chi connectivity index (χ1n) is 13.9. The number of nitrogens with zero attached hydrogens (tertiary/aromatic N) is 3. The quantitative estimate of drug-likeness (QED) is 0.225. The molecule has 230 valence electrons. The first-order chi connectivity index (χ1) is 20.5. The Kier molecular flexibility index (Phi) is 7.97. The SMILES string of the molecule is O=C(O)c1ncc(OCC23CCC(OCc4c(-c5c(Cl)cncc5Cl)noc4C4CC4)(CC2)CC3)cc1OCC(F)(F)F. The highest BCUT2D eigenvalue weighted by atomic mass is 35.5. The van der Waals surface area contributed by atoms with Crippen molar-refractivity contribution in [3.63, 3.8) is 0 Å². The second-order valence-corrected chi connectivity index (χ2v) is 12.4. The molecule has 4 saturated carbocycles. The summed E-state index contributed by atoms with van der Waals surface area (Å²) in [7, 11) is 0. The lowest BCUT2D eigenvalue weighted by Gasteiger charge is -2.52. The zero-order chi connectivity index (χ0) is 30.4. The Labute approximate surface area is 254 Å². The van der Waals surface area contributed by atoms with Gasteiger partial charge in [-0.05, 0) is 51.4 Å². The number of hydrogen-bond acceptors (Lipinski definition) is 8. The fourth-order valence-corrected chi connectivity index (χ4v) is 6.56. The standard InChI is InChI=1S/C29H28Cl2F3N3O6/c30-19-11-35-12-20(31)22(19)23-18(25(43-37-23)16-1-2-16)13-42-28-6-3-27(4-7-28,5-8-28)14-40-17-9-21(41-15-29(32,33)34)24(26(38)39)36-10-17/h9-12,16H,1-8,13-15H2,(H,38,39). The van der Waals surface area contributed by atoms with Crippen molar-refractivity contribution in [2.45, 2.75) is 75.7 Å². The Morgan fingerprint density at radius 2 is 1.72 bits per heavy atom. The second kappa shape index (κ2) is 11.4. The average molecular weight is 642 g/mol. The molecule has 1 N–H and O–H groups in total. The highest BCUT2D eigenvalue weighted by molar-refractivity contribution is 6.38. The molecule has 3 aromatic heterocycles. The van der Waals surface area contributed by atoms with E-state index in [4.69, 9.17) is 41.9 Å². The molecular formula is C29H28Cl2F3N3O6. The number of aromatic carboxylic acids is 1. The normalized spacial score (nSPS) is 23.4. The molecule has 43 heavy (non-hydrogen) atoms. The molecule has 4 aliphatic rings.